The molecule has 0 unspecified atom stereocenters. The Labute approximate surface area is 150 Å². The van der Waals surface area contributed by atoms with Crippen LogP contribution in [0, 0.1) is 0 Å². The fourth-order valence-corrected chi connectivity index (χ4v) is 4.10. The summed E-state index contributed by atoms with van der Waals surface area (Å²) < 4.78 is 75.7. The summed E-state index contributed by atoms with van der Waals surface area (Å²) in [4.78, 5) is -0.206. The van der Waals surface area contributed by atoms with Crippen LogP contribution in [0.1, 0.15) is 5.56 Å². The van der Waals surface area contributed by atoms with Gasteiger partial charge in [-0.1, -0.05) is 6.07 Å². The van der Waals surface area contributed by atoms with Gasteiger partial charge in [-0.15, -0.1) is 0 Å². The number of hydrogen-bond donors (Lipinski definition) is 1. The molecule has 0 saturated heterocycles. The predicted molar refractivity (Wildman–Crippen MR) is 89.5 cm³/mol. The second kappa shape index (κ2) is 7.12. The van der Waals surface area contributed by atoms with Crippen molar-refractivity contribution in [2.75, 3.05) is 18.9 Å². The molecule has 0 radical (unpaired) electrons. The molecule has 0 saturated carbocycles. The lowest BCUT2D eigenvalue weighted by atomic mass is 10.2. The summed E-state index contributed by atoms with van der Waals surface area (Å²) in [6.07, 6.45) is -4.58. The highest BCUT2D eigenvalue weighted by molar-refractivity contribution is 9.10. The summed E-state index contributed by atoms with van der Waals surface area (Å²) >= 11 is 3.11. The van der Waals surface area contributed by atoms with Crippen LogP contribution in [0.15, 0.2) is 45.8 Å². The van der Waals surface area contributed by atoms with Crippen molar-refractivity contribution in [3.8, 4) is 11.5 Å². The topological polar surface area (TPSA) is 64.6 Å². The highest BCUT2D eigenvalue weighted by Crippen LogP contribution is 2.36. The Morgan fingerprint density at radius 1 is 1.04 bits per heavy atom. The predicted octanol–water partition coefficient (Wildman–Crippen LogP) is 4.29. The quantitative estimate of drug-likeness (QED) is 0.754. The molecule has 0 atom stereocenters. The van der Waals surface area contributed by atoms with E-state index in [2.05, 4.69) is 20.7 Å². The molecule has 5 nitrogen and oxygen atoms in total. The number of methoxy groups -OCH3 is 2. The molecular weight excluding hydrogens is 427 g/mol. The number of sulfonamides is 1. The van der Waals surface area contributed by atoms with Crippen LogP contribution in [-0.2, 0) is 16.2 Å². The Balaban J connectivity index is 2.44. The average Bonchev–Trinajstić information content (AvgIpc) is 2.53. The molecule has 25 heavy (non-hydrogen) atoms. The van der Waals surface area contributed by atoms with Gasteiger partial charge in [0, 0.05) is 16.2 Å². The fraction of sp³-hybridized carbons (Fsp3) is 0.200. The minimum Gasteiger partial charge on any atom is -0.493 e. The maximum Gasteiger partial charge on any atom is 0.416 e. The van der Waals surface area contributed by atoms with E-state index in [1.165, 1.54) is 32.4 Å². The van der Waals surface area contributed by atoms with Crippen molar-refractivity contribution in [2.45, 2.75) is 11.1 Å². The molecule has 0 heterocycles. The minimum absolute atomic E-state index is 0.162. The summed E-state index contributed by atoms with van der Waals surface area (Å²) in [5, 5.41) is 0. The standard InChI is InChI=1S/C15H13BrF3NO4S/c1-23-12-7-11(16)14(8-13(12)24-2)25(21,22)20-10-5-3-4-9(6-10)15(17,18)19/h3-8,20H,1-2H3. The largest absolute Gasteiger partial charge is 0.493 e. The van der Waals surface area contributed by atoms with Gasteiger partial charge in [-0.2, -0.15) is 13.2 Å². The van der Waals surface area contributed by atoms with Crippen molar-refractivity contribution >= 4 is 31.6 Å². The third-order valence-corrected chi connectivity index (χ3v) is 5.51. The molecule has 0 fully saturated rings. The first-order valence-electron chi connectivity index (χ1n) is 6.70. The smallest absolute Gasteiger partial charge is 0.416 e. The van der Waals surface area contributed by atoms with Gasteiger partial charge < -0.3 is 9.47 Å². The zero-order valence-corrected chi connectivity index (χ0v) is 15.4. The van der Waals surface area contributed by atoms with Crippen molar-refractivity contribution in [1.29, 1.82) is 0 Å². The summed E-state index contributed by atoms with van der Waals surface area (Å²) in [6, 6.07) is 6.50. The lowest BCUT2D eigenvalue weighted by molar-refractivity contribution is -0.137. The van der Waals surface area contributed by atoms with E-state index in [-0.39, 0.29) is 20.8 Å². The van der Waals surface area contributed by atoms with Crippen LogP contribution in [0.3, 0.4) is 0 Å². The van der Waals surface area contributed by atoms with Gasteiger partial charge in [-0.25, -0.2) is 8.42 Å². The van der Waals surface area contributed by atoms with Gasteiger partial charge in [-0.3, -0.25) is 4.72 Å². The van der Waals surface area contributed by atoms with Crippen LogP contribution in [0.4, 0.5) is 18.9 Å². The van der Waals surface area contributed by atoms with Crippen LogP contribution >= 0.6 is 15.9 Å². The van der Waals surface area contributed by atoms with Gasteiger partial charge in [-0.05, 0) is 40.2 Å². The van der Waals surface area contributed by atoms with Crippen LogP contribution in [0.2, 0.25) is 0 Å². The second-order valence-electron chi connectivity index (χ2n) is 4.82. The van der Waals surface area contributed by atoms with Gasteiger partial charge >= 0.3 is 6.18 Å². The summed E-state index contributed by atoms with van der Waals surface area (Å²) in [6.45, 7) is 0. The Bertz CT molecular complexity index is 885. The number of benzene rings is 2. The molecular formula is C15H13BrF3NO4S. The third-order valence-electron chi connectivity index (χ3n) is 3.17. The first-order chi connectivity index (χ1) is 11.6. The van der Waals surface area contributed by atoms with Crippen LogP contribution in [0.25, 0.3) is 0 Å². The van der Waals surface area contributed by atoms with Crippen LogP contribution in [0.5, 0.6) is 11.5 Å². The molecule has 0 amide bonds. The summed E-state index contributed by atoms with van der Waals surface area (Å²) in [7, 11) is -1.44. The number of alkyl halides is 3. The maximum atomic E-state index is 12.8. The van der Waals surface area contributed by atoms with E-state index in [0.717, 1.165) is 12.1 Å². The van der Waals surface area contributed by atoms with E-state index in [0.29, 0.717) is 11.8 Å². The molecule has 2 rings (SSSR count). The van der Waals surface area contributed by atoms with Gasteiger partial charge in [0.2, 0.25) is 0 Å². The molecule has 0 spiro atoms. The first kappa shape index (κ1) is 19.4. The SMILES string of the molecule is COc1cc(Br)c(S(=O)(=O)Nc2cccc(C(F)(F)F)c2)cc1OC. The molecule has 10 heteroatoms. The Kier molecular flexibility index (Phi) is 5.52. The monoisotopic (exact) mass is 439 g/mol. The molecule has 0 aliphatic carbocycles. The zero-order valence-electron chi connectivity index (χ0n) is 13.0. The molecule has 0 aliphatic heterocycles. The molecule has 0 aromatic heterocycles. The minimum atomic E-state index is -4.58. The van der Waals surface area contributed by atoms with Crippen molar-refractivity contribution in [1.82, 2.24) is 0 Å². The van der Waals surface area contributed by atoms with Crippen molar-refractivity contribution < 1.29 is 31.1 Å². The van der Waals surface area contributed by atoms with Crippen molar-refractivity contribution in [3.05, 3.63) is 46.4 Å². The maximum absolute atomic E-state index is 12.8. The Morgan fingerprint density at radius 3 is 2.20 bits per heavy atom. The molecule has 2 aromatic rings. The van der Waals surface area contributed by atoms with E-state index in [4.69, 9.17) is 9.47 Å². The van der Waals surface area contributed by atoms with E-state index < -0.39 is 21.8 Å². The number of halogens is 4. The van der Waals surface area contributed by atoms with E-state index in [9.17, 15) is 21.6 Å². The lowest BCUT2D eigenvalue weighted by Gasteiger charge is -2.14. The van der Waals surface area contributed by atoms with Crippen molar-refractivity contribution in [2.24, 2.45) is 0 Å². The fourth-order valence-electron chi connectivity index (χ4n) is 2.01. The average molecular weight is 440 g/mol. The third kappa shape index (κ3) is 4.37. The van der Waals surface area contributed by atoms with Gasteiger partial charge in [0.25, 0.3) is 10.0 Å². The lowest BCUT2D eigenvalue weighted by Crippen LogP contribution is -2.15. The number of anilines is 1. The van der Waals surface area contributed by atoms with E-state index >= 15 is 0 Å². The number of nitrogens with one attached hydrogen (secondary N) is 1. The van der Waals surface area contributed by atoms with Crippen LogP contribution < -0.4 is 14.2 Å². The highest BCUT2D eigenvalue weighted by Gasteiger charge is 2.31. The Morgan fingerprint density at radius 2 is 1.64 bits per heavy atom. The zero-order chi connectivity index (χ0) is 18.8. The normalized spacial score (nSPS) is 11.9. The Hall–Kier alpha value is -1.94. The molecule has 136 valence electrons. The first-order valence-corrected chi connectivity index (χ1v) is 8.97. The number of hydrogen-bond acceptors (Lipinski definition) is 4. The van der Waals surface area contributed by atoms with Gasteiger partial charge in [0.15, 0.2) is 11.5 Å². The summed E-state index contributed by atoms with van der Waals surface area (Å²) in [5.41, 5.74) is -1.17. The number of ether oxygens (including phenoxy) is 2. The van der Waals surface area contributed by atoms with E-state index in [1.807, 2.05) is 0 Å². The van der Waals surface area contributed by atoms with Gasteiger partial charge in [0.05, 0.1) is 19.8 Å². The molecule has 0 bridgehead atoms. The molecule has 2 aromatic carbocycles. The van der Waals surface area contributed by atoms with E-state index in [1.54, 1.807) is 0 Å². The van der Waals surface area contributed by atoms with Crippen molar-refractivity contribution in [3.63, 3.8) is 0 Å². The summed E-state index contributed by atoms with van der Waals surface area (Å²) in [5.74, 6) is 0.461. The van der Waals surface area contributed by atoms with Gasteiger partial charge in [0.1, 0.15) is 4.90 Å². The molecule has 1 N–H and O–H groups in total. The number of rotatable bonds is 5. The highest BCUT2D eigenvalue weighted by atomic mass is 79.9. The van der Waals surface area contributed by atoms with Crippen LogP contribution in [-0.4, -0.2) is 22.6 Å². The molecule has 0 aliphatic rings. The second-order valence-corrected chi connectivity index (χ2v) is 7.33.